The summed E-state index contributed by atoms with van der Waals surface area (Å²) in [6.07, 6.45) is 1.86. The highest BCUT2D eigenvalue weighted by molar-refractivity contribution is 7.92. The van der Waals surface area contributed by atoms with Crippen LogP contribution in [0.25, 0.3) is 0 Å². The number of benzene rings is 1. The van der Waals surface area contributed by atoms with Crippen molar-refractivity contribution in [1.82, 2.24) is 5.32 Å². The second kappa shape index (κ2) is 7.33. The second-order valence-electron chi connectivity index (χ2n) is 5.48. The fourth-order valence-corrected chi connectivity index (χ4v) is 3.46. The number of rotatable bonds is 6. The average molecular weight is 347 g/mol. The van der Waals surface area contributed by atoms with Crippen molar-refractivity contribution in [2.75, 3.05) is 10.6 Å². The number of anilines is 1. The predicted octanol–water partition coefficient (Wildman–Crippen LogP) is 2.72. The van der Waals surface area contributed by atoms with Gasteiger partial charge in [0.05, 0.1) is 11.9 Å². The van der Waals surface area contributed by atoms with Gasteiger partial charge in [-0.3, -0.25) is 9.10 Å². The van der Waals surface area contributed by atoms with Crippen molar-refractivity contribution in [3.8, 4) is 0 Å². The lowest BCUT2D eigenvalue weighted by Gasteiger charge is -2.30. The number of carbonyl (C=O) groups is 1. The number of aryl methyl sites for hydroxylation is 1. The van der Waals surface area contributed by atoms with Gasteiger partial charge in [-0.1, -0.05) is 24.6 Å². The number of nitrogens with one attached hydrogen (secondary N) is 1. The standard InChI is InChI=1S/C15H23ClN2O3S/c1-6-11(3)17-15(19)12(4)18(22(5,20)21)14-9-13(16)8-7-10(14)2/h7-9,11-12H,6H2,1-5H3,(H,17,19)/t11-,12+/m1/s1. The fourth-order valence-electron chi connectivity index (χ4n) is 2.07. The third-order valence-electron chi connectivity index (χ3n) is 3.50. The number of amides is 1. The highest BCUT2D eigenvalue weighted by Crippen LogP contribution is 2.28. The highest BCUT2D eigenvalue weighted by Gasteiger charge is 2.30. The van der Waals surface area contributed by atoms with Gasteiger partial charge in [0.25, 0.3) is 0 Å². The zero-order valence-corrected chi connectivity index (χ0v) is 15.1. The van der Waals surface area contributed by atoms with Crippen molar-refractivity contribution in [3.63, 3.8) is 0 Å². The monoisotopic (exact) mass is 346 g/mol. The number of nitrogens with zero attached hydrogens (tertiary/aromatic N) is 1. The molecule has 0 aliphatic heterocycles. The summed E-state index contributed by atoms with van der Waals surface area (Å²) in [6, 6.07) is 4.10. The molecule has 1 rings (SSSR count). The predicted molar refractivity (Wildman–Crippen MR) is 90.9 cm³/mol. The molecule has 0 aliphatic carbocycles. The molecule has 0 saturated heterocycles. The summed E-state index contributed by atoms with van der Waals surface area (Å²) in [5.74, 6) is -0.334. The van der Waals surface area contributed by atoms with E-state index in [9.17, 15) is 13.2 Å². The first kappa shape index (κ1) is 18.8. The van der Waals surface area contributed by atoms with Crippen molar-refractivity contribution in [2.24, 2.45) is 0 Å². The Morgan fingerprint density at radius 3 is 2.45 bits per heavy atom. The third-order valence-corrected chi connectivity index (χ3v) is 4.96. The van der Waals surface area contributed by atoms with Crippen molar-refractivity contribution >= 4 is 33.2 Å². The summed E-state index contributed by atoms with van der Waals surface area (Å²) in [4.78, 5) is 12.3. The molecule has 1 aromatic carbocycles. The molecular formula is C15H23ClN2O3S. The van der Waals surface area contributed by atoms with Crippen molar-refractivity contribution in [1.29, 1.82) is 0 Å². The lowest BCUT2D eigenvalue weighted by molar-refractivity contribution is -0.122. The SMILES string of the molecule is CC[C@@H](C)NC(=O)[C@H](C)N(c1cc(Cl)ccc1C)S(C)(=O)=O. The van der Waals surface area contributed by atoms with Gasteiger partial charge in [0, 0.05) is 11.1 Å². The Labute approximate surface area is 137 Å². The summed E-state index contributed by atoms with van der Waals surface area (Å²) in [5, 5.41) is 3.23. The normalized spacial score (nSPS) is 14.3. The molecule has 0 aliphatic rings. The minimum absolute atomic E-state index is 0.0168. The molecule has 22 heavy (non-hydrogen) atoms. The maximum absolute atomic E-state index is 12.3. The Morgan fingerprint density at radius 1 is 1.36 bits per heavy atom. The summed E-state index contributed by atoms with van der Waals surface area (Å²) < 4.78 is 25.5. The van der Waals surface area contributed by atoms with E-state index in [1.807, 2.05) is 13.8 Å². The first-order valence-corrected chi connectivity index (χ1v) is 9.36. The maximum atomic E-state index is 12.3. The van der Waals surface area contributed by atoms with Crippen LogP contribution in [0.3, 0.4) is 0 Å². The fraction of sp³-hybridized carbons (Fsp3) is 0.533. The van der Waals surface area contributed by atoms with E-state index in [2.05, 4.69) is 5.32 Å². The molecule has 0 saturated carbocycles. The van der Waals surface area contributed by atoms with E-state index >= 15 is 0 Å². The lowest BCUT2D eigenvalue weighted by atomic mass is 10.1. The Morgan fingerprint density at radius 2 is 1.95 bits per heavy atom. The van der Waals surface area contributed by atoms with Crippen LogP contribution in [0.5, 0.6) is 0 Å². The van der Waals surface area contributed by atoms with Gasteiger partial charge < -0.3 is 5.32 Å². The van der Waals surface area contributed by atoms with Crippen LogP contribution in [0, 0.1) is 6.92 Å². The number of hydrogen-bond acceptors (Lipinski definition) is 3. The minimum Gasteiger partial charge on any atom is -0.352 e. The molecule has 1 N–H and O–H groups in total. The molecule has 0 spiro atoms. The van der Waals surface area contributed by atoms with Crippen molar-refractivity contribution in [2.45, 2.75) is 46.2 Å². The topological polar surface area (TPSA) is 66.5 Å². The Bertz CT molecular complexity index is 646. The van der Waals surface area contributed by atoms with Gasteiger partial charge >= 0.3 is 0 Å². The highest BCUT2D eigenvalue weighted by atomic mass is 35.5. The van der Waals surface area contributed by atoms with E-state index in [0.29, 0.717) is 10.7 Å². The van der Waals surface area contributed by atoms with Gasteiger partial charge in [0.15, 0.2) is 0 Å². The van der Waals surface area contributed by atoms with Crippen LogP contribution < -0.4 is 9.62 Å². The van der Waals surface area contributed by atoms with Gasteiger partial charge in [-0.2, -0.15) is 0 Å². The van der Waals surface area contributed by atoms with Crippen LogP contribution in [-0.2, 0) is 14.8 Å². The van der Waals surface area contributed by atoms with Crippen LogP contribution >= 0.6 is 11.6 Å². The Balaban J connectivity index is 3.25. The Kier molecular flexibility index (Phi) is 6.26. The van der Waals surface area contributed by atoms with E-state index in [0.717, 1.165) is 22.5 Å². The van der Waals surface area contributed by atoms with Crippen molar-refractivity contribution in [3.05, 3.63) is 28.8 Å². The van der Waals surface area contributed by atoms with E-state index in [-0.39, 0.29) is 11.9 Å². The maximum Gasteiger partial charge on any atom is 0.243 e. The van der Waals surface area contributed by atoms with Crippen molar-refractivity contribution < 1.29 is 13.2 Å². The quantitative estimate of drug-likeness (QED) is 0.861. The first-order chi connectivity index (χ1) is 10.1. The van der Waals surface area contributed by atoms with Crippen LogP contribution in [0.2, 0.25) is 5.02 Å². The van der Waals surface area contributed by atoms with Crippen LogP contribution in [0.15, 0.2) is 18.2 Å². The van der Waals surface area contributed by atoms with Gasteiger partial charge in [-0.25, -0.2) is 8.42 Å². The molecule has 0 radical (unpaired) electrons. The van der Waals surface area contributed by atoms with Crippen LogP contribution in [0.1, 0.15) is 32.8 Å². The molecule has 0 fully saturated rings. The zero-order valence-electron chi connectivity index (χ0n) is 13.6. The van der Waals surface area contributed by atoms with Gasteiger partial charge in [-0.05, 0) is 44.9 Å². The van der Waals surface area contributed by atoms with E-state index in [4.69, 9.17) is 11.6 Å². The molecule has 0 unspecified atom stereocenters. The molecule has 5 nitrogen and oxygen atoms in total. The summed E-state index contributed by atoms with van der Waals surface area (Å²) >= 11 is 5.98. The number of hydrogen-bond donors (Lipinski definition) is 1. The van der Waals surface area contributed by atoms with Crippen LogP contribution in [0.4, 0.5) is 5.69 Å². The molecule has 0 bridgehead atoms. The zero-order chi connectivity index (χ0) is 17.1. The summed E-state index contributed by atoms with van der Waals surface area (Å²) in [5.41, 5.74) is 1.15. The lowest BCUT2D eigenvalue weighted by Crippen LogP contribution is -2.50. The van der Waals surface area contributed by atoms with Gasteiger partial charge in [-0.15, -0.1) is 0 Å². The third kappa shape index (κ3) is 4.61. The molecule has 7 heteroatoms. The van der Waals surface area contributed by atoms with E-state index in [1.54, 1.807) is 32.0 Å². The number of sulfonamides is 1. The van der Waals surface area contributed by atoms with Crippen LogP contribution in [-0.4, -0.2) is 32.7 Å². The second-order valence-corrected chi connectivity index (χ2v) is 7.78. The smallest absolute Gasteiger partial charge is 0.243 e. The number of carbonyl (C=O) groups excluding carboxylic acids is 1. The first-order valence-electron chi connectivity index (χ1n) is 7.13. The Hall–Kier alpha value is -1.27. The molecule has 0 aromatic heterocycles. The molecular weight excluding hydrogens is 324 g/mol. The summed E-state index contributed by atoms with van der Waals surface area (Å²) in [7, 11) is -3.63. The average Bonchev–Trinajstić information content (AvgIpc) is 2.41. The molecule has 1 aromatic rings. The summed E-state index contributed by atoms with van der Waals surface area (Å²) in [6.45, 7) is 7.17. The molecule has 124 valence electrons. The number of halogens is 1. The largest absolute Gasteiger partial charge is 0.352 e. The minimum atomic E-state index is -3.63. The molecule has 2 atom stereocenters. The van der Waals surface area contributed by atoms with Gasteiger partial charge in [0.2, 0.25) is 15.9 Å². The molecule has 0 heterocycles. The van der Waals surface area contributed by atoms with E-state index in [1.165, 1.54) is 0 Å². The van der Waals surface area contributed by atoms with E-state index < -0.39 is 16.1 Å². The van der Waals surface area contributed by atoms with Gasteiger partial charge in [0.1, 0.15) is 6.04 Å². The molecule has 1 amide bonds.